The Morgan fingerprint density at radius 3 is 2.78 bits per heavy atom. The van der Waals surface area contributed by atoms with Crippen molar-refractivity contribution in [1.82, 2.24) is 14.1 Å². The first-order valence-electron chi connectivity index (χ1n) is 5.99. The zero-order valence-corrected chi connectivity index (χ0v) is 11.9. The summed E-state index contributed by atoms with van der Waals surface area (Å²) in [7, 11) is 0. The lowest BCUT2D eigenvalue weighted by Gasteiger charge is -2.00. The molecule has 0 aliphatic rings. The normalized spacial score (nSPS) is 11.0. The van der Waals surface area contributed by atoms with E-state index in [0.29, 0.717) is 5.88 Å². The zero-order valence-electron chi connectivity index (χ0n) is 10.3. The van der Waals surface area contributed by atoms with Crippen molar-refractivity contribution < 1.29 is 0 Å². The van der Waals surface area contributed by atoms with Gasteiger partial charge in [-0.1, -0.05) is 0 Å². The van der Waals surface area contributed by atoms with E-state index < -0.39 is 0 Å². The molecule has 98 valence electrons. The summed E-state index contributed by atoms with van der Waals surface area (Å²) in [5, 5.41) is 3.08. The van der Waals surface area contributed by atoms with Gasteiger partial charge in [-0.25, -0.2) is 9.78 Å². The minimum atomic E-state index is 0.0677. The largest absolute Gasteiger partial charge is 0.328 e. The number of alkyl halides is 1. The number of hydrogen-bond acceptors (Lipinski definition) is 3. The van der Waals surface area contributed by atoms with E-state index in [1.54, 1.807) is 20.5 Å². The molecule has 0 radical (unpaired) electrons. The van der Waals surface area contributed by atoms with Crippen molar-refractivity contribution in [2.75, 3.05) is 0 Å². The van der Waals surface area contributed by atoms with Gasteiger partial charge in [-0.15, -0.1) is 22.9 Å². The Bertz CT molecular complexity index is 558. The summed E-state index contributed by atoms with van der Waals surface area (Å²) < 4.78 is 3.45. The first-order valence-corrected chi connectivity index (χ1v) is 7.40. The van der Waals surface area contributed by atoms with Crippen LogP contribution in [0.15, 0.2) is 22.6 Å². The summed E-state index contributed by atoms with van der Waals surface area (Å²) in [6.07, 6.45) is 5.49. The third kappa shape index (κ3) is 3.03. The van der Waals surface area contributed by atoms with Crippen LogP contribution < -0.4 is 5.69 Å². The molecule has 0 amide bonds. The summed E-state index contributed by atoms with van der Waals surface area (Å²) in [5.74, 6) is 0.468. The molecule has 0 saturated carbocycles. The third-order valence-electron chi connectivity index (χ3n) is 2.78. The van der Waals surface area contributed by atoms with Crippen LogP contribution in [0.5, 0.6) is 0 Å². The van der Waals surface area contributed by atoms with E-state index in [-0.39, 0.29) is 5.69 Å². The van der Waals surface area contributed by atoms with Gasteiger partial charge in [0.1, 0.15) is 0 Å². The maximum absolute atomic E-state index is 11.8. The summed E-state index contributed by atoms with van der Waals surface area (Å²) in [6.45, 7) is 3.42. The van der Waals surface area contributed by atoms with E-state index in [2.05, 4.69) is 4.98 Å². The predicted molar refractivity (Wildman–Crippen MR) is 74.4 cm³/mol. The molecule has 0 aliphatic heterocycles. The molecule has 0 aliphatic carbocycles. The van der Waals surface area contributed by atoms with Gasteiger partial charge in [0.25, 0.3) is 0 Å². The Morgan fingerprint density at radius 2 is 2.17 bits per heavy atom. The van der Waals surface area contributed by atoms with E-state index in [4.69, 9.17) is 11.6 Å². The highest BCUT2D eigenvalue weighted by Gasteiger charge is 2.03. The minimum absolute atomic E-state index is 0.0677. The van der Waals surface area contributed by atoms with Crippen LogP contribution in [0.2, 0.25) is 0 Å². The van der Waals surface area contributed by atoms with Crippen molar-refractivity contribution in [3.63, 3.8) is 0 Å². The van der Waals surface area contributed by atoms with Crippen LogP contribution >= 0.6 is 22.9 Å². The molecule has 2 aromatic rings. The van der Waals surface area contributed by atoms with Crippen LogP contribution in [0.25, 0.3) is 0 Å². The summed E-state index contributed by atoms with van der Waals surface area (Å²) in [5.41, 5.74) is 1.00. The summed E-state index contributed by atoms with van der Waals surface area (Å²) in [4.78, 5) is 16.2. The number of halogens is 1. The second-order valence-electron chi connectivity index (χ2n) is 4.03. The quantitative estimate of drug-likeness (QED) is 0.765. The van der Waals surface area contributed by atoms with Gasteiger partial charge in [-0.2, -0.15) is 0 Å². The maximum atomic E-state index is 11.8. The van der Waals surface area contributed by atoms with Crippen LogP contribution in [0, 0.1) is 0 Å². The number of imidazole rings is 1. The smallest absolute Gasteiger partial charge is 0.300 e. The first kappa shape index (κ1) is 13.4. The fraction of sp³-hybridized carbons (Fsp3) is 0.500. The highest BCUT2D eigenvalue weighted by Crippen LogP contribution is 2.13. The SMILES string of the molecule is CCn1ccn(CCCc2nc(CCl)cs2)c1=O. The number of aromatic nitrogens is 3. The van der Waals surface area contributed by atoms with E-state index in [1.165, 1.54) is 0 Å². The number of thiazole rings is 1. The molecule has 0 unspecified atom stereocenters. The Hall–Kier alpha value is -1.07. The maximum Gasteiger partial charge on any atom is 0.328 e. The van der Waals surface area contributed by atoms with Gasteiger partial charge in [0.05, 0.1) is 16.6 Å². The van der Waals surface area contributed by atoms with E-state index in [9.17, 15) is 4.79 Å². The van der Waals surface area contributed by atoms with E-state index in [1.807, 2.05) is 24.7 Å². The van der Waals surface area contributed by atoms with Crippen LogP contribution in [-0.2, 0) is 25.4 Å². The number of aryl methyl sites for hydroxylation is 3. The standard InChI is InChI=1S/C12H16ClN3OS/c1-2-15-6-7-16(12(15)17)5-3-4-11-14-10(8-13)9-18-11/h6-7,9H,2-5,8H2,1H3. The van der Waals surface area contributed by atoms with Gasteiger partial charge >= 0.3 is 5.69 Å². The topological polar surface area (TPSA) is 39.8 Å². The molecule has 0 saturated heterocycles. The van der Waals surface area contributed by atoms with Gasteiger partial charge in [-0.3, -0.25) is 9.13 Å². The fourth-order valence-corrected chi connectivity index (χ4v) is 2.86. The average molecular weight is 286 g/mol. The van der Waals surface area contributed by atoms with E-state index in [0.717, 1.165) is 36.6 Å². The van der Waals surface area contributed by atoms with Crippen molar-refractivity contribution in [1.29, 1.82) is 0 Å². The van der Waals surface area contributed by atoms with Crippen molar-refractivity contribution in [3.05, 3.63) is 39.0 Å². The molecule has 18 heavy (non-hydrogen) atoms. The number of hydrogen-bond donors (Lipinski definition) is 0. The first-order chi connectivity index (χ1) is 8.74. The Morgan fingerprint density at radius 1 is 1.39 bits per heavy atom. The van der Waals surface area contributed by atoms with Crippen LogP contribution in [0.4, 0.5) is 0 Å². The van der Waals surface area contributed by atoms with Crippen molar-refractivity contribution in [2.24, 2.45) is 0 Å². The Labute approximate surface area is 115 Å². The molecule has 0 aromatic carbocycles. The molecule has 2 heterocycles. The monoisotopic (exact) mass is 285 g/mol. The Balaban J connectivity index is 1.88. The van der Waals surface area contributed by atoms with E-state index >= 15 is 0 Å². The molecular weight excluding hydrogens is 270 g/mol. The summed E-state index contributed by atoms with van der Waals surface area (Å²) >= 11 is 7.34. The molecule has 6 heteroatoms. The molecular formula is C12H16ClN3OS. The second kappa shape index (κ2) is 6.20. The molecule has 4 nitrogen and oxygen atoms in total. The molecule has 0 atom stereocenters. The zero-order chi connectivity index (χ0) is 13.0. The van der Waals surface area contributed by atoms with Crippen LogP contribution in [0.1, 0.15) is 24.0 Å². The highest BCUT2D eigenvalue weighted by atomic mass is 35.5. The molecule has 0 bridgehead atoms. The van der Waals surface area contributed by atoms with Crippen molar-refractivity contribution >= 4 is 22.9 Å². The third-order valence-corrected chi connectivity index (χ3v) is 4.02. The lowest BCUT2D eigenvalue weighted by molar-refractivity contribution is 0.595. The van der Waals surface area contributed by atoms with Crippen LogP contribution in [0.3, 0.4) is 0 Å². The van der Waals surface area contributed by atoms with Gasteiger partial charge in [0, 0.05) is 37.3 Å². The lowest BCUT2D eigenvalue weighted by atomic mass is 10.3. The molecule has 0 spiro atoms. The second-order valence-corrected chi connectivity index (χ2v) is 5.24. The fourth-order valence-electron chi connectivity index (χ4n) is 1.79. The predicted octanol–water partition coefficient (Wildman–Crippen LogP) is 2.50. The van der Waals surface area contributed by atoms with Crippen molar-refractivity contribution in [2.45, 2.75) is 38.7 Å². The molecule has 2 aromatic heterocycles. The molecule has 0 N–H and O–H groups in total. The summed E-state index contributed by atoms with van der Waals surface area (Å²) in [6, 6.07) is 0. The lowest BCUT2D eigenvalue weighted by Crippen LogP contribution is -2.23. The van der Waals surface area contributed by atoms with Crippen molar-refractivity contribution in [3.8, 4) is 0 Å². The number of nitrogens with zero attached hydrogens (tertiary/aromatic N) is 3. The average Bonchev–Trinajstić information content (AvgIpc) is 2.97. The minimum Gasteiger partial charge on any atom is -0.300 e. The number of rotatable bonds is 6. The van der Waals surface area contributed by atoms with Gasteiger partial charge < -0.3 is 0 Å². The highest BCUT2D eigenvalue weighted by molar-refractivity contribution is 7.09. The Kier molecular flexibility index (Phi) is 4.60. The van der Waals surface area contributed by atoms with Gasteiger partial charge in [-0.05, 0) is 13.3 Å². The molecule has 2 rings (SSSR count). The molecule has 0 fully saturated rings. The van der Waals surface area contributed by atoms with Gasteiger partial charge in [0.15, 0.2) is 0 Å². The van der Waals surface area contributed by atoms with Crippen LogP contribution in [-0.4, -0.2) is 14.1 Å². The van der Waals surface area contributed by atoms with Gasteiger partial charge in [0.2, 0.25) is 0 Å².